The summed E-state index contributed by atoms with van der Waals surface area (Å²) in [4.78, 5) is 11.1. The normalized spacial score (nSPS) is 11.2. The third kappa shape index (κ3) is 1.71. The van der Waals surface area contributed by atoms with Crippen LogP contribution in [0.5, 0.6) is 0 Å². The summed E-state index contributed by atoms with van der Waals surface area (Å²) >= 11 is 0. The van der Waals surface area contributed by atoms with Crippen LogP contribution in [-0.4, -0.2) is 25.4 Å². The average molecular weight is 269 g/mol. The second-order valence-corrected chi connectivity index (χ2v) is 4.97. The molecule has 1 N–H and O–H groups in total. The minimum atomic E-state index is -0.969. The number of carbonyl (C=O) groups is 1. The molecule has 0 atom stereocenters. The van der Waals surface area contributed by atoms with E-state index in [1.54, 1.807) is 13.1 Å². The van der Waals surface area contributed by atoms with E-state index in [1.165, 1.54) is 4.68 Å². The molecule has 0 aliphatic rings. The van der Waals surface area contributed by atoms with Crippen molar-refractivity contribution in [2.24, 2.45) is 14.1 Å². The van der Waals surface area contributed by atoms with Gasteiger partial charge in [0.1, 0.15) is 5.69 Å². The van der Waals surface area contributed by atoms with Crippen LogP contribution in [0.1, 0.15) is 16.1 Å². The Balaban J connectivity index is 2.30. The fraction of sp³-hybridized carbons (Fsp3) is 0.200. The molecular weight excluding hydrogens is 254 g/mol. The molecule has 3 aromatic rings. The lowest BCUT2D eigenvalue weighted by molar-refractivity contribution is 0.0685. The predicted octanol–water partition coefficient (Wildman–Crippen LogP) is 2.59. The lowest BCUT2D eigenvalue weighted by Crippen LogP contribution is -2.04. The number of aromatic nitrogens is 3. The number of rotatable bonds is 2. The first-order valence-corrected chi connectivity index (χ1v) is 6.31. The molecule has 2 heterocycles. The van der Waals surface area contributed by atoms with Gasteiger partial charge in [-0.2, -0.15) is 5.10 Å². The van der Waals surface area contributed by atoms with Crippen molar-refractivity contribution in [1.82, 2.24) is 14.3 Å². The molecule has 0 saturated heterocycles. The first-order valence-electron chi connectivity index (χ1n) is 6.31. The maximum absolute atomic E-state index is 11.1. The van der Waals surface area contributed by atoms with Crippen molar-refractivity contribution >= 4 is 16.9 Å². The van der Waals surface area contributed by atoms with Gasteiger partial charge >= 0.3 is 5.97 Å². The van der Waals surface area contributed by atoms with E-state index in [1.807, 2.05) is 42.9 Å². The maximum Gasteiger partial charge on any atom is 0.354 e. The standard InChI is InChI=1S/C15H15N3O2/c1-9-5-4-6-12-14(9)10(8-17(12)2)11-7-13(15(19)20)18(3)16-11/h4-8H,1-3H3,(H,19,20). The van der Waals surface area contributed by atoms with Gasteiger partial charge in [0.05, 0.1) is 5.69 Å². The number of fused-ring (bicyclic) bond motifs is 1. The quantitative estimate of drug-likeness (QED) is 0.778. The van der Waals surface area contributed by atoms with Crippen LogP contribution in [-0.2, 0) is 14.1 Å². The van der Waals surface area contributed by atoms with Gasteiger partial charge in [0.15, 0.2) is 0 Å². The molecule has 0 aliphatic carbocycles. The molecule has 0 fully saturated rings. The average Bonchev–Trinajstić information content (AvgIpc) is 2.92. The summed E-state index contributed by atoms with van der Waals surface area (Å²) in [5, 5.41) is 14.6. The SMILES string of the molecule is Cc1cccc2c1c(-c1cc(C(=O)O)n(C)n1)cn2C. The number of nitrogens with zero attached hydrogens (tertiary/aromatic N) is 3. The summed E-state index contributed by atoms with van der Waals surface area (Å²) < 4.78 is 3.43. The van der Waals surface area contributed by atoms with Crippen molar-refractivity contribution in [2.75, 3.05) is 0 Å². The molecule has 0 unspecified atom stereocenters. The summed E-state index contributed by atoms with van der Waals surface area (Å²) in [6.45, 7) is 2.05. The number of aromatic carboxylic acids is 1. The largest absolute Gasteiger partial charge is 0.477 e. The third-order valence-corrected chi connectivity index (χ3v) is 3.60. The van der Waals surface area contributed by atoms with Crippen LogP contribution in [0.3, 0.4) is 0 Å². The van der Waals surface area contributed by atoms with E-state index in [0.717, 1.165) is 22.0 Å². The Labute approximate surface area is 116 Å². The van der Waals surface area contributed by atoms with Crippen LogP contribution in [0.2, 0.25) is 0 Å². The van der Waals surface area contributed by atoms with Gasteiger partial charge in [0.2, 0.25) is 0 Å². The van der Waals surface area contributed by atoms with E-state index in [4.69, 9.17) is 5.11 Å². The highest BCUT2D eigenvalue weighted by molar-refractivity contribution is 5.98. The van der Waals surface area contributed by atoms with Crippen molar-refractivity contribution in [3.63, 3.8) is 0 Å². The van der Waals surface area contributed by atoms with E-state index in [9.17, 15) is 4.79 Å². The molecule has 2 aromatic heterocycles. The number of carboxylic acids is 1. The lowest BCUT2D eigenvalue weighted by atomic mass is 10.1. The van der Waals surface area contributed by atoms with Crippen molar-refractivity contribution in [1.29, 1.82) is 0 Å². The summed E-state index contributed by atoms with van der Waals surface area (Å²) in [5.41, 5.74) is 4.10. The van der Waals surface area contributed by atoms with Crippen LogP contribution in [0.25, 0.3) is 22.2 Å². The van der Waals surface area contributed by atoms with Gasteiger partial charge in [-0.1, -0.05) is 12.1 Å². The van der Waals surface area contributed by atoms with E-state index in [-0.39, 0.29) is 5.69 Å². The van der Waals surface area contributed by atoms with Crippen LogP contribution >= 0.6 is 0 Å². The third-order valence-electron chi connectivity index (χ3n) is 3.60. The van der Waals surface area contributed by atoms with Gasteiger partial charge in [0, 0.05) is 36.8 Å². The molecule has 5 heteroatoms. The smallest absolute Gasteiger partial charge is 0.354 e. The summed E-state index contributed by atoms with van der Waals surface area (Å²) in [6.07, 6.45) is 1.99. The Morgan fingerprint density at radius 3 is 2.70 bits per heavy atom. The first kappa shape index (κ1) is 12.5. The Bertz CT molecular complexity index is 827. The highest BCUT2D eigenvalue weighted by Crippen LogP contribution is 2.32. The molecule has 0 saturated carbocycles. The van der Waals surface area contributed by atoms with Gasteiger partial charge in [-0.15, -0.1) is 0 Å². The Morgan fingerprint density at radius 2 is 2.05 bits per heavy atom. The summed E-state index contributed by atoms with van der Waals surface area (Å²) in [7, 11) is 3.62. The second-order valence-electron chi connectivity index (χ2n) is 4.97. The van der Waals surface area contributed by atoms with E-state index >= 15 is 0 Å². The number of carboxylic acid groups (broad SMARTS) is 1. The van der Waals surface area contributed by atoms with Gasteiger partial charge in [-0.05, 0) is 24.6 Å². The van der Waals surface area contributed by atoms with Crippen molar-refractivity contribution in [2.45, 2.75) is 6.92 Å². The number of benzene rings is 1. The first-order chi connectivity index (χ1) is 9.49. The molecule has 3 rings (SSSR count). The summed E-state index contributed by atoms with van der Waals surface area (Å²) in [6, 6.07) is 7.73. The zero-order valence-electron chi connectivity index (χ0n) is 11.6. The van der Waals surface area contributed by atoms with Gasteiger partial charge in [0.25, 0.3) is 0 Å². The van der Waals surface area contributed by atoms with Gasteiger partial charge in [-0.25, -0.2) is 4.79 Å². The maximum atomic E-state index is 11.1. The second kappa shape index (κ2) is 4.23. The van der Waals surface area contributed by atoms with Crippen LogP contribution < -0.4 is 0 Å². The number of aryl methyl sites for hydroxylation is 3. The topological polar surface area (TPSA) is 60.0 Å². The van der Waals surface area contributed by atoms with Crippen molar-refractivity contribution in [3.8, 4) is 11.3 Å². The van der Waals surface area contributed by atoms with Crippen LogP contribution in [0, 0.1) is 6.92 Å². The lowest BCUT2D eigenvalue weighted by Gasteiger charge is -1.99. The monoisotopic (exact) mass is 269 g/mol. The molecule has 0 aliphatic heterocycles. The molecule has 102 valence electrons. The zero-order chi connectivity index (χ0) is 14.4. The molecule has 0 spiro atoms. The van der Waals surface area contributed by atoms with Crippen LogP contribution in [0.4, 0.5) is 0 Å². The van der Waals surface area contributed by atoms with Crippen molar-refractivity contribution < 1.29 is 9.90 Å². The van der Waals surface area contributed by atoms with Crippen LogP contribution in [0.15, 0.2) is 30.5 Å². The van der Waals surface area contributed by atoms with Gasteiger partial charge < -0.3 is 9.67 Å². The van der Waals surface area contributed by atoms with Gasteiger partial charge in [-0.3, -0.25) is 4.68 Å². The minimum Gasteiger partial charge on any atom is -0.477 e. The van der Waals surface area contributed by atoms with E-state index < -0.39 is 5.97 Å². The number of hydrogen-bond acceptors (Lipinski definition) is 2. The molecule has 0 radical (unpaired) electrons. The molecule has 20 heavy (non-hydrogen) atoms. The summed E-state index contributed by atoms with van der Waals surface area (Å²) in [5.74, 6) is -0.969. The fourth-order valence-corrected chi connectivity index (χ4v) is 2.62. The zero-order valence-corrected chi connectivity index (χ0v) is 11.6. The molecule has 5 nitrogen and oxygen atoms in total. The molecular formula is C15H15N3O2. The Hall–Kier alpha value is -2.56. The minimum absolute atomic E-state index is 0.186. The fourth-order valence-electron chi connectivity index (χ4n) is 2.62. The van der Waals surface area contributed by atoms with Crippen molar-refractivity contribution in [3.05, 3.63) is 41.7 Å². The predicted molar refractivity (Wildman–Crippen MR) is 76.8 cm³/mol. The molecule has 0 bridgehead atoms. The molecule has 1 aromatic carbocycles. The highest BCUT2D eigenvalue weighted by atomic mass is 16.4. The number of hydrogen-bond donors (Lipinski definition) is 1. The molecule has 0 amide bonds. The highest BCUT2D eigenvalue weighted by Gasteiger charge is 2.17. The Morgan fingerprint density at radius 1 is 1.30 bits per heavy atom. The van der Waals surface area contributed by atoms with E-state index in [0.29, 0.717) is 5.69 Å². The van der Waals surface area contributed by atoms with E-state index in [2.05, 4.69) is 5.10 Å². The Kier molecular flexibility index (Phi) is 2.64.